The van der Waals surface area contributed by atoms with Gasteiger partial charge in [0, 0.05) is 31.9 Å². The summed E-state index contributed by atoms with van der Waals surface area (Å²) in [6.07, 6.45) is 3.34. The highest BCUT2D eigenvalue weighted by Crippen LogP contribution is 2.21. The summed E-state index contributed by atoms with van der Waals surface area (Å²) in [7, 11) is 3.86. The Hall–Kier alpha value is -2.58. The molecule has 0 radical (unpaired) electrons. The number of hydrogen-bond acceptors (Lipinski definition) is 6. The first-order valence-electron chi connectivity index (χ1n) is 8.20. The molecule has 0 aliphatic carbocycles. The van der Waals surface area contributed by atoms with Gasteiger partial charge in [-0.2, -0.15) is 0 Å². The van der Waals surface area contributed by atoms with E-state index in [4.69, 9.17) is 11.6 Å². The second kappa shape index (κ2) is 8.88. The molecule has 140 valence electrons. The molecule has 0 aliphatic heterocycles. The zero-order chi connectivity index (χ0) is 19.2. The van der Waals surface area contributed by atoms with Crippen molar-refractivity contribution in [2.45, 2.75) is 11.7 Å². The largest absolute Gasteiger partial charge is 0.363 e. The van der Waals surface area contributed by atoms with Crippen LogP contribution < -0.4 is 10.2 Å². The SMILES string of the molecule is CN(C)c1cc(CNC(=O)CSc2nncn2-c2cccc(Cl)c2)ccn1. The zero-order valence-electron chi connectivity index (χ0n) is 15.0. The minimum Gasteiger partial charge on any atom is -0.363 e. The summed E-state index contributed by atoms with van der Waals surface area (Å²) in [4.78, 5) is 18.4. The summed E-state index contributed by atoms with van der Waals surface area (Å²) >= 11 is 7.36. The van der Waals surface area contributed by atoms with E-state index in [2.05, 4.69) is 20.5 Å². The lowest BCUT2D eigenvalue weighted by atomic mass is 10.2. The highest BCUT2D eigenvalue weighted by atomic mass is 35.5. The fraction of sp³-hybridized carbons (Fsp3) is 0.222. The molecule has 0 bridgehead atoms. The maximum absolute atomic E-state index is 12.2. The van der Waals surface area contributed by atoms with Crippen molar-refractivity contribution in [1.82, 2.24) is 25.1 Å². The molecule has 1 N–H and O–H groups in total. The molecule has 0 unspecified atom stereocenters. The van der Waals surface area contributed by atoms with Crippen molar-refractivity contribution in [2.24, 2.45) is 0 Å². The number of anilines is 1. The van der Waals surface area contributed by atoms with E-state index in [1.165, 1.54) is 11.8 Å². The quantitative estimate of drug-likeness (QED) is 0.612. The Balaban J connectivity index is 1.56. The van der Waals surface area contributed by atoms with Gasteiger partial charge in [-0.05, 0) is 35.9 Å². The number of nitrogens with zero attached hydrogens (tertiary/aromatic N) is 5. The number of benzene rings is 1. The van der Waals surface area contributed by atoms with Gasteiger partial charge >= 0.3 is 0 Å². The molecule has 0 spiro atoms. The first-order valence-corrected chi connectivity index (χ1v) is 9.57. The number of hydrogen-bond donors (Lipinski definition) is 1. The van der Waals surface area contributed by atoms with Gasteiger partial charge in [0.05, 0.1) is 11.4 Å². The Labute approximate surface area is 166 Å². The molecule has 9 heteroatoms. The van der Waals surface area contributed by atoms with E-state index in [9.17, 15) is 4.79 Å². The van der Waals surface area contributed by atoms with E-state index in [-0.39, 0.29) is 11.7 Å². The van der Waals surface area contributed by atoms with Crippen LogP contribution in [0.1, 0.15) is 5.56 Å². The minimum atomic E-state index is -0.0798. The Morgan fingerprint density at radius 1 is 1.30 bits per heavy atom. The average molecular weight is 403 g/mol. The lowest BCUT2D eigenvalue weighted by Crippen LogP contribution is -2.25. The Morgan fingerprint density at radius 3 is 2.93 bits per heavy atom. The number of halogens is 1. The Kier molecular flexibility index (Phi) is 6.31. The van der Waals surface area contributed by atoms with Crippen LogP contribution in [-0.2, 0) is 11.3 Å². The monoisotopic (exact) mass is 402 g/mol. The van der Waals surface area contributed by atoms with Crippen molar-refractivity contribution in [1.29, 1.82) is 0 Å². The van der Waals surface area contributed by atoms with Crippen LogP contribution in [0.4, 0.5) is 5.82 Å². The molecule has 2 heterocycles. The lowest BCUT2D eigenvalue weighted by Gasteiger charge is -2.12. The van der Waals surface area contributed by atoms with E-state index in [1.54, 1.807) is 23.2 Å². The molecule has 0 fully saturated rings. The molecule has 0 atom stereocenters. The van der Waals surface area contributed by atoms with Gasteiger partial charge < -0.3 is 10.2 Å². The van der Waals surface area contributed by atoms with Gasteiger partial charge in [0.25, 0.3) is 0 Å². The van der Waals surface area contributed by atoms with Gasteiger partial charge in [-0.15, -0.1) is 10.2 Å². The smallest absolute Gasteiger partial charge is 0.230 e. The predicted octanol–water partition coefficient (Wildman–Crippen LogP) is 2.79. The van der Waals surface area contributed by atoms with Crippen molar-refractivity contribution in [3.05, 3.63) is 59.5 Å². The first kappa shape index (κ1) is 19.2. The molecule has 1 amide bonds. The summed E-state index contributed by atoms with van der Waals surface area (Å²) in [5.41, 5.74) is 1.84. The number of thioether (sulfide) groups is 1. The summed E-state index contributed by atoms with van der Waals surface area (Å²) in [5, 5.41) is 12.2. The first-order chi connectivity index (χ1) is 13.0. The standard InChI is InChI=1S/C18H19ClN6OS/c1-24(2)16-8-13(6-7-20-16)10-21-17(26)11-27-18-23-22-12-25(18)15-5-3-4-14(19)9-15/h3-9,12H,10-11H2,1-2H3,(H,21,26). The molecule has 3 rings (SSSR count). The van der Waals surface area contributed by atoms with Crippen LogP contribution in [0.5, 0.6) is 0 Å². The van der Waals surface area contributed by atoms with Crippen molar-refractivity contribution in [2.75, 3.05) is 24.7 Å². The summed E-state index contributed by atoms with van der Waals surface area (Å²) < 4.78 is 1.80. The van der Waals surface area contributed by atoms with Crippen LogP contribution in [-0.4, -0.2) is 45.5 Å². The molecule has 0 aliphatic rings. The van der Waals surface area contributed by atoms with Crippen LogP contribution in [0.15, 0.2) is 54.1 Å². The summed E-state index contributed by atoms with van der Waals surface area (Å²) in [6.45, 7) is 0.448. The van der Waals surface area contributed by atoms with Gasteiger partial charge in [-0.1, -0.05) is 29.4 Å². The third-order valence-electron chi connectivity index (χ3n) is 3.69. The van der Waals surface area contributed by atoms with Gasteiger partial charge in [0.15, 0.2) is 5.16 Å². The van der Waals surface area contributed by atoms with Gasteiger partial charge in [0.2, 0.25) is 5.91 Å². The van der Waals surface area contributed by atoms with Crippen LogP contribution in [0.2, 0.25) is 5.02 Å². The number of rotatable bonds is 7. The number of aromatic nitrogens is 4. The number of pyridine rings is 1. The van der Waals surface area contributed by atoms with Crippen molar-refractivity contribution in [3.8, 4) is 5.69 Å². The van der Waals surface area contributed by atoms with E-state index < -0.39 is 0 Å². The van der Waals surface area contributed by atoms with Crippen LogP contribution in [0.25, 0.3) is 5.69 Å². The molecule has 27 heavy (non-hydrogen) atoms. The summed E-state index contributed by atoms with van der Waals surface area (Å²) in [6, 6.07) is 11.2. The predicted molar refractivity (Wildman–Crippen MR) is 108 cm³/mol. The van der Waals surface area contributed by atoms with Gasteiger partial charge in [0.1, 0.15) is 12.1 Å². The number of amides is 1. The second-order valence-electron chi connectivity index (χ2n) is 5.95. The van der Waals surface area contributed by atoms with Crippen molar-refractivity contribution >= 4 is 35.1 Å². The number of carbonyl (C=O) groups excluding carboxylic acids is 1. The molecular formula is C18H19ClN6OS. The molecule has 2 aromatic heterocycles. The van der Waals surface area contributed by atoms with Crippen LogP contribution in [0, 0.1) is 0 Å². The van der Waals surface area contributed by atoms with E-state index in [0.29, 0.717) is 16.7 Å². The minimum absolute atomic E-state index is 0.0798. The Morgan fingerprint density at radius 2 is 2.15 bits per heavy atom. The topological polar surface area (TPSA) is 75.9 Å². The molecular weight excluding hydrogens is 384 g/mol. The van der Waals surface area contributed by atoms with Crippen LogP contribution in [0.3, 0.4) is 0 Å². The number of nitrogens with one attached hydrogen (secondary N) is 1. The lowest BCUT2D eigenvalue weighted by molar-refractivity contribution is -0.118. The Bertz CT molecular complexity index is 929. The zero-order valence-corrected chi connectivity index (χ0v) is 16.5. The third kappa shape index (κ3) is 5.21. The highest BCUT2D eigenvalue weighted by molar-refractivity contribution is 7.99. The maximum atomic E-state index is 12.2. The van der Waals surface area contributed by atoms with E-state index >= 15 is 0 Å². The normalized spacial score (nSPS) is 10.6. The second-order valence-corrected chi connectivity index (χ2v) is 7.32. The third-order valence-corrected chi connectivity index (χ3v) is 4.87. The number of carbonyl (C=O) groups is 1. The highest BCUT2D eigenvalue weighted by Gasteiger charge is 2.10. The average Bonchev–Trinajstić information content (AvgIpc) is 3.13. The molecule has 0 saturated carbocycles. The fourth-order valence-corrected chi connectivity index (χ4v) is 3.27. The van der Waals surface area contributed by atoms with Gasteiger partial charge in [-0.3, -0.25) is 9.36 Å². The fourth-order valence-electron chi connectivity index (χ4n) is 2.32. The van der Waals surface area contributed by atoms with Crippen molar-refractivity contribution in [3.63, 3.8) is 0 Å². The molecule has 3 aromatic rings. The molecule has 0 saturated heterocycles. The van der Waals surface area contributed by atoms with Crippen molar-refractivity contribution < 1.29 is 4.79 Å². The maximum Gasteiger partial charge on any atom is 0.230 e. The van der Waals surface area contributed by atoms with Crippen LogP contribution >= 0.6 is 23.4 Å². The molecule has 7 nitrogen and oxygen atoms in total. The molecule has 1 aromatic carbocycles. The van der Waals surface area contributed by atoms with Gasteiger partial charge in [-0.25, -0.2) is 4.98 Å². The van der Waals surface area contributed by atoms with E-state index in [1.807, 2.05) is 49.3 Å². The van der Waals surface area contributed by atoms with E-state index in [0.717, 1.165) is 17.1 Å². The summed E-state index contributed by atoms with van der Waals surface area (Å²) in [5.74, 6) is 1.01.